The number of amides is 1. The zero-order chi connectivity index (χ0) is 16.8. The van der Waals surface area contributed by atoms with Gasteiger partial charge in [0, 0.05) is 10.8 Å². The average molecular weight is 358 g/mol. The molecule has 0 spiro atoms. The largest absolute Gasteiger partial charge is 0.310 e. The van der Waals surface area contributed by atoms with Crippen LogP contribution in [0.4, 0.5) is 5.82 Å². The van der Waals surface area contributed by atoms with Gasteiger partial charge in [0.25, 0.3) is 0 Å². The lowest BCUT2D eigenvalue weighted by Crippen LogP contribution is -2.20. The van der Waals surface area contributed by atoms with Gasteiger partial charge in [-0.2, -0.15) is 5.10 Å². The van der Waals surface area contributed by atoms with Gasteiger partial charge in [0.05, 0.1) is 29.0 Å². The monoisotopic (exact) mass is 357 g/mol. The summed E-state index contributed by atoms with van der Waals surface area (Å²) in [6.45, 7) is 6.29. The van der Waals surface area contributed by atoms with E-state index in [1.54, 1.807) is 16.4 Å². The molecule has 128 valence electrons. The highest BCUT2D eigenvalue weighted by Gasteiger charge is 2.35. The van der Waals surface area contributed by atoms with Gasteiger partial charge < -0.3 is 5.32 Å². The van der Waals surface area contributed by atoms with E-state index < -0.39 is 9.84 Å². The van der Waals surface area contributed by atoms with Crippen LogP contribution in [0.3, 0.4) is 0 Å². The third kappa shape index (κ3) is 3.42. The third-order valence-electron chi connectivity index (χ3n) is 4.37. The van der Waals surface area contributed by atoms with E-state index in [0.717, 1.165) is 17.7 Å². The van der Waals surface area contributed by atoms with Crippen molar-refractivity contribution in [1.82, 2.24) is 9.78 Å². The van der Waals surface area contributed by atoms with Crippen LogP contribution in [0.15, 0.2) is 0 Å². The maximum absolute atomic E-state index is 12.1. The quantitative estimate of drug-likeness (QED) is 0.898. The molecule has 2 aliphatic heterocycles. The number of fused-ring (bicyclic) bond motifs is 1. The molecule has 8 heteroatoms. The summed E-state index contributed by atoms with van der Waals surface area (Å²) in [7, 11) is -2.99. The molecule has 0 aliphatic carbocycles. The minimum Gasteiger partial charge on any atom is -0.310 e. The molecule has 1 fully saturated rings. The Labute approximate surface area is 141 Å². The first-order valence-electron chi connectivity index (χ1n) is 7.97. The number of sulfone groups is 1. The van der Waals surface area contributed by atoms with E-state index in [2.05, 4.69) is 24.3 Å². The molecule has 23 heavy (non-hydrogen) atoms. The van der Waals surface area contributed by atoms with Crippen LogP contribution >= 0.6 is 11.8 Å². The topological polar surface area (TPSA) is 81.1 Å². The van der Waals surface area contributed by atoms with E-state index in [4.69, 9.17) is 0 Å². The van der Waals surface area contributed by atoms with E-state index >= 15 is 0 Å². The van der Waals surface area contributed by atoms with Crippen molar-refractivity contribution in [2.45, 2.75) is 44.9 Å². The summed E-state index contributed by atoms with van der Waals surface area (Å²) in [4.78, 5) is 12.1. The van der Waals surface area contributed by atoms with Gasteiger partial charge >= 0.3 is 0 Å². The zero-order valence-corrected chi connectivity index (χ0v) is 15.3. The normalized spacial score (nSPS) is 26.9. The van der Waals surface area contributed by atoms with E-state index in [9.17, 15) is 13.2 Å². The van der Waals surface area contributed by atoms with Crippen LogP contribution in [0.25, 0.3) is 0 Å². The summed E-state index contributed by atoms with van der Waals surface area (Å²) in [6, 6.07) is -0.175. The zero-order valence-electron chi connectivity index (χ0n) is 13.7. The van der Waals surface area contributed by atoms with Gasteiger partial charge in [0.1, 0.15) is 5.82 Å². The number of rotatable bonds is 3. The Hall–Kier alpha value is -1.02. The fraction of sp³-hybridized carbons (Fsp3) is 0.733. The van der Waals surface area contributed by atoms with Crippen molar-refractivity contribution < 1.29 is 13.2 Å². The second-order valence-corrected chi connectivity index (χ2v) is 10.2. The molecule has 0 saturated carbocycles. The van der Waals surface area contributed by atoms with Crippen LogP contribution in [-0.4, -0.2) is 41.4 Å². The van der Waals surface area contributed by atoms with Crippen LogP contribution in [0.1, 0.15) is 49.2 Å². The molecule has 2 unspecified atom stereocenters. The Morgan fingerprint density at radius 1 is 1.43 bits per heavy atom. The first-order valence-corrected chi connectivity index (χ1v) is 10.8. The van der Waals surface area contributed by atoms with Gasteiger partial charge in [-0.15, -0.1) is 11.8 Å². The van der Waals surface area contributed by atoms with E-state index in [-0.39, 0.29) is 28.7 Å². The van der Waals surface area contributed by atoms with Gasteiger partial charge in [-0.05, 0) is 25.7 Å². The average Bonchev–Trinajstić information content (AvgIpc) is 2.89. The van der Waals surface area contributed by atoms with Crippen molar-refractivity contribution >= 4 is 33.3 Å². The lowest BCUT2D eigenvalue weighted by molar-refractivity contribution is -0.113. The Kier molecular flexibility index (Phi) is 4.48. The van der Waals surface area contributed by atoms with Crippen LogP contribution in [0.2, 0.25) is 0 Å². The summed E-state index contributed by atoms with van der Waals surface area (Å²) in [6.07, 6.45) is 1.54. The van der Waals surface area contributed by atoms with E-state index in [0.29, 0.717) is 23.9 Å². The Balaban J connectivity index is 2.02. The Morgan fingerprint density at radius 3 is 2.78 bits per heavy atom. The van der Waals surface area contributed by atoms with Crippen LogP contribution < -0.4 is 5.32 Å². The van der Waals surface area contributed by atoms with E-state index in [1.807, 2.05) is 6.92 Å². The lowest BCUT2D eigenvalue weighted by atomic mass is 10.0. The second kappa shape index (κ2) is 6.12. The summed E-state index contributed by atoms with van der Waals surface area (Å²) >= 11 is 1.65. The molecule has 0 radical (unpaired) electrons. The number of aromatic nitrogens is 2. The molecule has 2 aliphatic rings. The molecular formula is C15H23N3O3S2. The van der Waals surface area contributed by atoms with Gasteiger partial charge in [-0.1, -0.05) is 13.8 Å². The van der Waals surface area contributed by atoms with Gasteiger partial charge in [-0.3, -0.25) is 4.79 Å². The number of hydrogen-bond acceptors (Lipinski definition) is 5. The van der Waals surface area contributed by atoms with Crippen molar-refractivity contribution in [3.63, 3.8) is 0 Å². The van der Waals surface area contributed by atoms with Crippen molar-refractivity contribution in [3.05, 3.63) is 11.3 Å². The van der Waals surface area contributed by atoms with Gasteiger partial charge in [-0.25, -0.2) is 13.1 Å². The predicted molar refractivity (Wildman–Crippen MR) is 92.6 cm³/mol. The Bertz CT molecular complexity index is 725. The molecule has 1 aromatic heterocycles. The molecule has 0 bridgehead atoms. The highest BCUT2D eigenvalue weighted by molar-refractivity contribution is 8.00. The number of carbonyl (C=O) groups is 1. The molecule has 3 heterocycles. The smallest absolute Gasteiger partial charge is 0.235 e. The number of aryl methyl sites for hydroxylation is 1. The molecular weight excluding hydrogens is 334 g/mol. The summed E-state index contributed by atoms with van der Waals surface area (Å²) in [5.74, 6) is 1.93. The molecule has 2 atom stereocenters. The number of nitrogens with one attached hydrogen (secondary N) is 1. The molecule has 0 aromatic carbocycles. The standard InChI is InChI=1S/C15H23N3O3S2/c1-9(2)6-12-14-10(3)17-18(11-4-5-23(20,21)8-11)15(14)16-13(19)7-22-12/h9,11-12H,4-8H2,1-3H3,(H,16,19). The Morgan fingerprint density at radius 2 is 2.17 bits per heavy atom. The number of carbonyl (C=O) groups excluding carboxylic acids is 1. The highest BCUT2D eigenvalue weighted by Crippen LogP contribution is 2.43. The van der Waals surface area contributed by atoms with Gasteiger partial charge in [0.15, 0.2) is 9.84 Å². The maximum atomic E-state index is 12.1. The van der Waals surface area contributed by atoms with Crippen molar-refractivity contribution in [2.24, 2.45) is 5.92 Å². The number of anilines is 1. The summed E-state index contributed by atoms with van der Waals surface area (Å²) < 4.78 is 25.4. The van der Waals surface area contributed by atoms with Crippen molar-refractivity contribution in [1.29, 1.82) is 0 Å². The van der Waals surface area contributed by atoms with Gasteiger partial charge in [0.2, 0.25) is 5.91 Å². The first kappa shape index (κ1) is 16.8. The summed E-state index contributed by atoms with van der Waals surface area (Å²) in [5.41, 5.74) is 1.96. The predicted octanol–water partition coefficient (Wildman–Crippen LogP) is 2.32. The fourth-order valence-electron chi connectivity index (χ4n) is 3.34. The highest BCUT2D eigenvalue weighted by atomic mass is 32.2. The first-order chi connectivity index (χ1) is 10.8. The molecule has 1 amide bonds. The second-order valence-electron chi connectivity index (χ2n) is 6.83. The SMILES string of the molecule is Cc1nn(C2CCS(=O)(=O)C2)c2c1C(CC(C)C)SCC(=O)N2. The maximum Gasteiger partial charge on any atom is 0.235 e. The van der Waals surface area contributed by atoms with Crippen LogP contribution in [-0.2, 0) is 14.6 Å². The molecule has 3 rings (SSSR count). The van der Waals surface area contributed by atoms with Crippen molar-refractivity contribution in [3.8, 4) is 0 Å². The number of thioether (sulfide) groups is 1. The third-order valence-corrected chi connectivity index (χ3v) is 7.38. The number of hydrogen-bond donors (Lipinski definition) is 1. The van der Waals surface area contributed by atoms with E-state index in [1.165, 1.54) is 0 Å². The minimum atomic E-state index is -2.99. The molecule has 6 nitrogen and oxygen atoms in total. The van der Waals surface area contributed by atoms with Crippen LogP contribution in [0.5, 0.6) is 0 Å². The van der Waals surface area contributed by atoms with Crippen LogP contribution in [0, 0.1) is 12.8 Å². The molecule has 1 aromatic rings. The lowest BCUT2D eigenvalue weighted by Gasteiger charge is -2.17. The molecule has 1 saturated heterocycles. The summed E-state index contributed by atoms with van der Waals surface area (Å²) in [5, 5.41) is 7.78. The fourth-order valence-corrected chi connectivity index (χ4v) is 6.43. The van der Waals surface area contributed by atoms with Crippen molar-refractivity contribution in [2.75, 3.05) is 22.6 Å². The minimum absolute atomic E-state index is 0.0375. The number of nitrogens with zero attached hydrogens (tertiary/aromatic N) is 2. The molecule has 1 N–H and O–H groups in total.